The second-order valence-corrected chi connectivity index (χ2v) is 26.6. The van der Waals surface area contributed by atoms with Crippen LogP contribution in [0.4, 0.5) is 0 Å². The van der Waals surface area contributed by atoms with Gasteiger partial charge in [-0.2, -0.15) is 0 Å². The largest absolute Gasteiger partial charge is 0.504 e. The third kappa shape index (κ3) is 9.74. The number of phenols is 1. The number of H-pyrrole nitrogens is 1. The molecular weight excluding hydrogens is 1030 g/mol. The Morgan fingerprint density at radius 3 is 2.54 bits per heavy atom. The summed E-state index contributed by atoms with van der Waals surface area (Å²) in [5, 5.41) is 83.7. The van der Waals surface area contributed by atoms with Crippen molar-refractivity contribution in [2.75, 3.05) is 26.7 Å². The number of benzene rings is 3. The molecular formula is C68H83N5O9. The summed E-state index contributed by atoms with van der Waals surface area (Å²) < 4.78 is 5.60. The van der Waals surface area contributed by atoms with Gasteiger partial charge in [-0.15, -0.1) is 0 Å². The van der Waals surface area contributed by atoms with Crippen molar-refractivity contribution >= 4 is 28.4 Å². The predicted molar refractivity (Wildman–Crippen MR) is 314 cm³/mol. The number of allylic oxidation sites excluding steroid dienone is 3. The summed E-state index contributed by atoms with van der Waals surface area (Å²) >= 11 is 0. The number of carbonyl (C=O) groups excluding carboxylic acids is 2. The van der Waals surface area contributed by atoms with E-state index in [1.54, 1.807) is 12.1 Å². The van der Waals surface area contributed by atoms with Crippen LogP contribution in [0, 0.1) is 64.6 Å². The first-order valence-corrected chi connectivity index (χ1v) is 30.8. The molecule has 0 amide bonds. The standard InChI is InChI=1S/C68H83N5O9/c1-67(20-5-6-21-67)73-35-49-60(44(14-16-59(80)81)48-34-71-50-32-51(74)45-13-11-43-33-72-66-61(43)62(45)65(50)63(48)64(49)66)42-18-23-68(57(79)28-42)22-17-40(47-31-54(77)55(82-2)27-39(47)12-15-56(68)78)26-52(75)53(76)30-46(41-19-24-70-58(69)29-41)38-10-9-36-7-3-4-8-37(36)25-38/h3-4,7-11,13,19,25,27,29,31,33,40,42,44-46,48-50,52-53,57,59-60,62-65,70-73,75-77,79-81H,5-6,12,14-16,18,20-21,23-24,26,28,30,32,34-35,69H2,1-2H3. The highest BCUT2D eigenvalue weighted by atomic mass is 16.5. The SMILES string of the molecule is COc1cc2c(cc1O)C(CC(O)C(O)CC(C1=CCNC(N)=C1)c1ccc3ccccc3c1)C#CC1(CCC(C3C(CCC(O)O)C4CNC5CC(=O)C6C=Cc7c[nH]c8c7C6C5C4C8C3CNC3(C)CCCC3)CC1O)C(=O)CC2. The highest BCUT2D eigenvalue weighted by molar-refractivity contribution is 5.90. The van der Waals surface area contributed by atoms with Crippen molar-refractivity contribution in [2.24, 2.45) is 58.5 Å². The molecule has 3 heterocycles. The number of aromatic amines is 1. The van der Waals surface area contributed by atoms with E-state index in [2.05, 4.69) is 94.5 Å². The number of Topliss-reactive ketones (excluding diaryl/α,β-unsaturated/α-hetero) is 2. The number of aliphatic hydroxyl groups is 5. The second-order valence-electron chi connectivity index (χ2n) is 26.6. The molecule has 3 aromatic carbocycles. The number of nitrogens with one attached hydrogen (secondary N) is 4. The number of rotatable bonds is 15. The molecule has 14 nitrogen and oxygen atoms in total. The van der Waals surface area contributed by atoms with Crippen LogP contribution < -0.4 is 26.4 Å². The fourth-order valence-corrected chi connectivity index (χ4v) is 18.4. The number of ketones is 2. The van der Waals surface area contributed by atoms with Crippen LogP contribution in [0.25, 0.3) is 16.8 Å². The molecule has 12 N–H and O–H groups in total. The molecule has 4 saturated carbocycles. The molecule has 17 atom stereocenters. The first-order chi connectivity index (χ1) is 39.6. The van der Waals surface area contributed by atoms with Crippen LogP contribution in [-0.4, -0.2) is 110 Å². The number of ether oxygens (including phenoxy) is 1. The van der Waals surface area contributed by atoms with Crippen LogP contribution in [0.2, 0.25) is 0 Å². The van der Waals surface area contributed by atoms with E-state index in [1.807, 2.05) is 18.2 Å². The maximum atomic E-state index is 15.2. The highest BCUT2D eigenvalue weighted by Gasteiger charge is 2.65. The average Bonchev–Trinajstić information content (AvgIpc) is 1.42. The number of aromatic hydroxyl groups is 1. The van der Waals surface area contributed by atoms with Crippen molar-refractivity contribution in [3.05, 3.63) is 124 Å². The molecule has 14 heteroatoms. The number of hydrogen-bond acceptors (Lipinski definition) is 13. The van der Waals surface area contributed by atoms with Crippen molar-refractivity contribution in [2.45, 2.75) is 157 Å². The molecule has 434 valence electrons. The summed E-state index contributed by atoms with van der Waals surface area (Å²) in [6.45, 7) is 4.37. The minimum absolute atomic E-state index is 0.0131. The second kappa shape index (κ2) is 22.0. The number of carbonyl (C=O) groups is 2. The molecule has 13 rings (SSSR count). The lowest BCUT2D eigenvalue weighted by Gasteiger charge is -2.65. The number of aryl methyl sites for hydroxylation is 1. The number of aromatic nitrogens is 1. The van der Waals surface area contributed by atoms with Gasteiger partial charge in [0, 0.05) is 72.4 Å². The zero-order valence-corrected chi connectivity index (χ0v) is 47.4. The Bertz CT molecular complexity index is 3270. The molecule has 1 spiro atoms. The lowest BCUT2D eigenvalue weighted by Crippen LogP contribution is -2.67. The summed E-state index contributed by atoms with van der Waals surface area (Å²) in [5.41, 5.74) is 11.9. The Balaban J connectivity index is 0.842. The number of fused-ring (bicyclic) bond motifs is 3. The van der Waals surface area contributed by atoms with Crippen LogP contribution in [0.3, 0.4) is 0 Å². The van der Waals surface area contributed by atoms with E-state index in [4.69, 9.17) is 10.5 Å². The van der Waals surface area contributed by atoms with Gasteiger partial charge in [0.2, 0.25) is 0 Å². The van der Waals surface area contributed by atoms with E-state index < -0.39 is 35.9 Å². The normalized spacial score (nSPS) is 34.3. The van der Waals surface area contributed by atoms with E-state index in [-0.39, 0.29) is 126 Å². The summed E-state index contributed by atoms with van der Waals surface area (Å²) in [6, 6.07) is 17.8. The van der Waals surface area contributed by atoms with E-state index in [9.17, 15) is 35.4 Å². The Morgan fingerprint density at radius 1 is 0.939 bits per heavy atom. The summed E-state index contributed by atoms with van der Waals surface area (Å²) in [6.07, 6.45) is 13.0. The van der Waals surface area contributed by atoms with Crippen LogP contribution in [0.15, 0.2) is 90.4 Å². The van der Waals surface area contributed by atoms with Crippen molar-refractivity contribution in [3.8, 4) is 23.3 Å². The van der Waals surface area contributed by atoms with Crippen molar-refractivity contribution in [1.29, 1.82) is 0 Å². The van der Waals surface area contributed by atoms with Gasteiger partial charge in [0.25, 0.3) is 0 Å². The summed E-state index contributed by atoms with van der Waals surface area (Å²) in [4.78, 5) is 33.0. The molecule has 82 heavy (non-hydrogen) atoms. The van der Waals surface area contributed by atoms with Gasteiger partial charge in [-0.05, 0) is 188 Å². The van der Waals surface area contributed by atoms with Crippen molar-refractivity contribution < 1.29 is 45.0 Å². The van der Waals surface area contributed by atoms with E-state index in [0.717, 1.165) is 53.4 Å². The lowest BCUT2D eigenvalue weighted by atomic mass is 9.41. The van der Waals surface area contributed by atoms with E-state index in [1.165, 1.54) is 36.8 Å². The molecule has 5 fully saturated rings. The first kappa shape index (κ1) is 55.4. The Kier molecular flexibility index (Phi) is 14.9. The smallest absolute Gasteiger partial charge is 0.160 e. The molecule has 1 saturated heterocycles. The quantitative estimate of drug-likeness (QED) is 0.0410. The Morgan fingerprint density at radius 2 is 1.76 bits per heavy atom. The fraction of sp³-hybridized carbons (Fsp3) is 0.559. The monoisotopic (exact) mass is 1110 g/mol. The van der Waals surface area contributed by atoms with E-state index in [0.29, 0.717) is 55.8 Å². The molecule has 0 bridgehead atoms. The summed E-state index contributed by atoms with van der Waals surface area (Å²) in [5.74, 6) is 7.63. The predicted octanol–water partition coefficient (Wildman–Crippen LogP) is 7.44. The number of aliphatic hydroxyl groups excluding tert-OH is 4. The molecule has 2 aliphatic heterocycles. The average molecular weight is 1110 g/mol. The zero-order chi connectivity index (χ0) is 56.8. The molecule has 7 aliphatic carbocycles. The first-order valence-electron chi connectivity index (χ1n) is 30.8. The molecule has 4 aromatic rings. The molecule has 17 unspecified atom stereocenters. The number of hydrogen-bond donors (Lipinski definition) is 11. The van der Waals surface area contributed by atoms with Gasteiger partial charge in [0.05, 0.1) is 31.2 Å². The third-order valence-corrected chi connectivity index (χ3v) is 22.3. The number of dihydropyridines is 1. The van der Waals surface area contributed by atoms with E-state index >= 15 is 4.79 Å². The zero-order valence-electron chi connectivity index (χ0n) is 47.4. The minimum Gasteiger partial charge on any atom is -0.504 e. The van der Waals surface area contributed by atoms with Gasteiger partial charge >= 0.3 is 0 Å². The molecule has 1 aromatic heterocycles. The number of nitrogens with two attached hydrogens (primary N) is 1. The van der Waals surface area contributed by atoms with Gasteiger partial charge < -0.3 is 62.0 Å². The maximum Gasteiger partial charge on any atom is 0.160 e. The van der Waals surface area contributed by atoms with Crippen LogP contribution in [-0.2, 0) is 16.0 Å². The van der Waals surface area contributed by atoms with Gasteiger partial charge in [-0.3, -0.25) is 9.59 Å². The van der Waals surface area contributed by atoms with Crippen LogP contribution >= 0.6 is 0 Å². The van der Waals surface area contributed by atoms with Gasteiger partial charge in [-0.25, -0.2) is 0 Å². The Labute approximate surface area is 481 Å². The molecule has 0 radical (unpaired) electrons. The van der Waals surface area contributed by atoms with Gasteiger partial charge in [-0.1, -0.05) is 85.4 Å². The summed E-state index contributed by atoms with van der Waals surface area (Å²) in [7, 11) is 1.48. The van der Waals surface area contributed by atoms with Crippen LogP contribution in [0.1, 0.15) is 148 Å². The van der Waals surface area contributed by atoms with Crippen molar-refractivity contribution in [1.82, 2.24) is 20.9 Å². The highest BCUT2D eigenvalue weighted by Crippen LogP contribution is 2.67. The number of methoxy groups -OCH3 is 1. The van der Waals surface area contributed by atoms with Crippen LogP contribution in [0.5, 0.6) is 11.5 Å². The minimum atomic E-state index is -1.47. The lowest BCUT2D eigenvalue weighted by molar-refractivity contribution is -0.144. The van der Waals surface area contributed by atoms with Gasteiger partial charge in [0.1, 0.15) is 11.2 Å². The van der Waals surface area contributed by atoms with Crippen molar-refractivity contribution in [3.63, 3.8) is 0 Å². The topological polar surface area (TPSA) is 243 Å². The van der Waals surface area contributed by atoms with Gasteiger partial charge in [0.15, 0.2) is 23.6 Å². The maximum absolute atomic E-state index is 15.2. The fourth-order valence-electron chi connectivity index (χ4n) is 18.4. The molecule has 9 aliphatic rings. The third-order valence-electron chi connectivity index (χ3n) is 22.3. The number of piperidine rings is 1. The Hall–Kier alpha value is -5.76. The number of phenolic OH excluding ortho intramolecular Hbond substituents is 1.